The predicted octanol–water partition coefficient (Wildman–Crippen LogP) is 2.74. The lowest BCUT2D eigenvalue weighted by atomic mass is 10.2. The van der Waals surface area contributed by atoms with E-state index in [4.69, 9.17) is 10.5 Å². The number of rotatable bonds is 3. The van der Waals surface area contributed by atoms with Crippen molar-refractivity contribution in [3.8, 4) is 11.6 Å². The van der Waals surface area contributed by atoms with E-state index in [9.17, 15) is 0 Å². The third-order valence-corrected chi connectivity index (χ3v) is 2.81. The van der Waals surface area contributed by atoms with Crippen LogP contribution in [0.25, 0.3) is 0 Å². The number of aromatic nitrogens is 2. The predicted molar refractivity (Wildman–Crippen MR) is 70.1 cm³/mol. The monoisotopic (exact) mass is 295 g/mol. The summed E-state index contributed by atoms with van der Waals surface area (Å²) in [5, 5.41) is 4.23. The number of aryl methyl sites for hydroxylation is 2. The first-order chi connectivity index (χ1) is 8.08. The van der Waals surface area contributed by atoms with Crippen molar-refractivity contribution in [1.82, 2.24) is 9.78 Å². The molecule has 0 saturated heterocycles. The number of hydrogen-bond acceptors (Lipinski definition) is 3. The molecule has 0 aliphatic rings. The summed E-state index contributed by atoms with van der Waals surface area (Å²) in [6.45, 7) is 2.42. The molecular formula is C12H14BrN3O. The van der Waals surface area contributed by atoms with Gasteiger partial charge in [-0.2, -0.15) is 5.10 Å². The highest BCUT2D eigenvalue weighted by molar-refractivity contribution is 9.10. The van der Waals surface area contributed by atoms with Crippen LogP contribution in [0.5, 0.6) is 11.6 Å². The number of halogens is 1. The molecule has 0 spiro atoms. The van der Waals surface area contributed by atoms with Gasteiger partial charge in [-0.05, 0) is 30.7 Å². The summed E-state index contributed by atoms with van der Waals surface area (Å²) in [5.41, 5.74) is 7.57. The zero-order valence-electron chi connectivity index (χ0n) is 9.77. The van der Waals surface area contributed by atoms with Crippen LogP contribution in [0.4, 0.5) is 0 Å². The fraction of sp³-hybridized carbons (Fsp3) is 0.250. The topological polar surface area (TPSA) is 53.1 Å². The summed E-state index contributed by atoms with van der Waals surface area (Å²) in [6, 6.07) is 7.69. The van der Waals surface area contributed by atoms with Crippen molar-refractivity contribution in [2.24, 2.45) is 12.8 Å². The van der Waals surface area contributed by atoms with Crippen molar-refractivity contribution in [3.05, 3.63) is 40.0 Å². The minimum atomic E-state index is 0.486. The van der Waals surface area contributed by atoms with E-state index < -0.39 is 0 Å². The molecule has 0 fully saturated rings. The van der Waals surface area contributed by atoms with Crippen LogP contribution in [0.15, 0.2) is 28.7 Å². The smallest absolute Gasteiger partial charge is 0.217 e. The van der Waals surface area contributed by atoms with Crippen LogP contribution < -0.4 is 10.5 Å². The molecule has 1 heterocycles. The second-order valence-corrected chi connectivity index (χ2v) is 4.76. The molecular weight excluding hydrogens is 282 g/mol. The van der Waals surface area contributed by atoms with Crippen LogP contribution in [0.3, 0.4) is 0 Å². The van der Waals surface area contributed by atoms with E-state index in [1.54, 1.807) is 4.68 Å². The average Bonchev–Trinajstić information content (AvgIpc) is 2.56. The second-order valence-electron chi connectivity index (χ2n) is 3.85. The molecule has 2 rings (SSSR count). The van der Waals surface area contributed by atoms with E-state index in [1.807, 2.05) is 38.2 Å². The Morgan fingerprint density at radius 1 is 1.35 bits per heavy atom. The van der Waals surface area contributed by atoms with Gasteiger partial charge >= 0.3 is 0 Å². The van der Waals surface area contributed by atoms with Gasteiger partial charge in [-0.3, -0.25) is 0 Å². The average molecular weight is 296 g/mol. The maximum absolute atomic E-state index is 5.77. The summed E-state index contributed by atoms with van der Waals surface area (Å²) in [4.78, 5) is 0. The highest BCUT2D eigenvalue weighted by atomic mass is 79.9. The summed E-state index contributed by atoms with van der Waals surface area (Å²) >= 11 is 3.43. The molecule has 1 aromatic heterocycles. The van der Waals surface area contributed by atoms with E-state index >= 15 is 0 Å². The van der Waals surface area contributed by atoms with Crippen molar-refractivity contribution in [3.63, 3.8) is 0 Å². The molecule has 4 nitrogen and oxygen atoms in total. The Labute approximate surface area is 109 Å². The highest BCUT2D eigenvalue weighted by Gasteiger charge is 2.06. The number of benzene rings is 1. The normalized spacial score (nSPS) is 10.6. The minimum absolute atomic E-state index is 0.486. The van der Waals surface area contributed by atoms with E-state index in [2.05, 4.69) is 21.0 Å². The van der Waals surface area contributed by atoms with Crippen molar-refractivity contribution in [1.29, 1.82) is 0 Å². The van der Waals surface area contributed by atoms with Crippen LogP contribution in [0.1, 0.15) is 11.3 Å². The molecule has 0 amide bonds. The zero-order chi connectivity index (χ0) is 12.4. The van der Waals surface area contributed by atoms with Gasteiger partial charge in [0.2, 0.25) is 5.88 Å². The van der Waals surface area contributed by atoms with Crippen LogP contribution >= 0.6 is 15.9 Å². The van der Waals surface area contributed by atoms with Gasteiger partial charge < -0.3 is 10.5 Å². The van der Waals surface area contributed by atoms with Crippen molar-refractivity contribution >= 4 is 15.9 Å². The molecule has 1 aromatic carbocycles. The molecule has 0 saturated carbocycles. The SMILES string of the molecule is Cc1cc(Oc2cc(Br)cc(CN)c2)n(C)n1. The highest BCUT2D eigenvalue weighted by Crippen LogP contribution is 2.26. The lowest BCUT2D eigenvalue weighted by Gasteiger charge is -2.07. The fourth-order valence-corrected chi connectivity index (χ4v) is 2.12. The molecule has 5 heteroatoms. The summed E-state index contributed by atoms with van der Waals surface area (Å²) in [5.74, 6) is 1.46. The molecule has 0 aliphatic carbocycles. The number of nitrogens with zero attached hydrogens (tertiary/aromatic N) is 2. The molecule has 0 atom stereocenters. The third-order valence-electron chi connectivity index (χ3n) is 2.35. The first-order valence-electron chi connectivity index (χ1n) is 5.26. The lowest BCUT2D eigenvalue weighted by molar-refractivity contribution is 0.430. The molecule has 0 bridgehead atoms. The molecule has 0 unspecified atom stereocenters. The van der Waals surface area contributed by atoms with E-state index in [0.29, 0.717) is 12.4 Å². The Kier molecular flexibility index (Phi) is 3.49. The van der Waals surface area contributed by atoms with Gasteiger partial charge in [0.15, 0.2) is 0 Å². The maximum Gasteiger partial charge on any atom is 0.217 e. The Hall–Kier alpha value is -1.33. The van der Waals surface area contributed by atoms with Crippen LogP contribution in [-0.2, 0) is 13.6 Å². The molecule has 90 valence electrons. The second kappa shape index (κ2) is 4.89. The van der Waals surface area contributed by atoms with Gasteiger partial charge in [-0.25, -0.2) is 4.68 Å². The van der Waals surface area contributed by atoms with Crippen molar-refractivity contribution in [2.45, 2.75) is 13.5 Å². The Bertz CT molecular complexity index is 537. The summed E-state index contributed by atoms with van der Waals surface area (Å²) in [6.07, 6.45) is 0. The maximum atomic E-state index is 5.77. The van der Waals surface area contributed by atoms with Gasteiger partial charge in [0.25, 0.3) is 0 Å². The van der Waals surface area contributed by atoms with Gasteiger partial charge in [-0.1, -0.05) is 15.9 Å². The van der Waals surface area contributed by atoms with Gasteiger partial charge in [0.05, 0.1) is 5.69 Å². The lowest BCUT2D eigenvalue weighted by Crippen LogP contribution is -1.98. The zero-order valence-corrected chi connectivity index (χ0v) is 11.4. The van der Waals surface area contributed by atoms with E-state index in [1.165, 1.54) is 0 Å². The third kappa shape index (κ3) is 2.87. The minimum Gasteiger partial charge on any atom is -0.439 e. The number of ether oxygens (including phenoxy) is 1. The van der Waals surface area contributed by atoms with Crippen LogP contribution in [0.2, 0.25) is 0 Å². The van der Waals surface area contributed by atoms with Gasteiger partial charge in [-0.15, -0.1) is 0 Å². The Morgan fingerprint density at radius 3 is 2.71 bits per heavy atom. The Morgan fingerprint density at radius 2 is 2.12 bits per heavy atom. The molecule has 2 aromatic rings. The van der Waals surface area contributed by atoms with E-state index in [0.717, 1.165) is 21.5 Å². The number of hydrogen-bond donors (Lipinski definition) is 1. The molecule has 0 radical (unpaired) electrons. The summed E-state index contributed by atoms with van der Waals surface area (Å²) < 4.78 is 8.43. The quantitative estimate of drug-likeness (QED) is 0.947. The fourth-order valence-electron chi connectivity index (χ4n) is 1.60. The van der Waals surface area contributed by atoms with Crippen LogP contribution in [-0.4, -0.2) is 9.78 Å². The largest absolute Gasteiger partial charge is 0.439 e. The summed E-state index contributed by atoms with van der Waals surface area (Å²) in [7, 11) is 1.85. The van der Waals surface area contributed by atoms with Gasteiger partial charge in [0, 0.05) is 24.1 Å². The first kappa shape index (κ1) is 12.1. The molecule has 2 N–H and O–H groups in total. The van der Waals surface area contributed by atoms with Crippen molar-refractivity contribution in [2.75, 3.05) is 0 Å². The molecule has 17 heavy (non-hydrogen) atoms. The van der Waals surface area contributed by atoms with Crippen LogP contribution in [0, 0.1) is 6.92 Å². The first-order valence-corrected chi connectivity index (χ1v) is 6.06. The Balaban J connectivity index is 2.29. The standard InChI is InChI=1S/C12H14BrN3O/c1-8-3-12(16(2)15-8)17-11-5-9(7-14)4-10(13)6-11/h3-6H,7,14H2,1-2H3. The van der Waals surface area contributed by atoms with Gasteiger partial charge in [0.1, 0.15) is 5.75 Å². The van der Waals surface area contributed by atoms with E-state index in [-0.39, 0.29) is 0 Å². The van der Waals surface area contributed by atoms with Crippen molar-refractivity contribution < 1.29 is 4.74 Å². The number of nitrogens with two attached hydrogens (primary N) is 1. The molecule has 0 aliphatic heterocycles.